The lowest BCUT2D eigenvalue weighted by molar-refractivity contribution is -0.161. The zero-order valence-electron chi connectivity index (χ0n) is 54.4. The van der Waals surface area contributed by atoms with Crippen molar-refractivity contribution >= 4 is 33.6 Å². The summed E-state index contributed by atoms with van der Waals surface area (Å²) in [4.78, 5) is 58.2. The molecule has 0 rings (SSSR count). The Morgan fingerprint density at radius 1 is 0.322 bits per heavy atom. The number of aliphatic hydroxyl groups excluding tert-OH is 2. The molecule has 0 spiro atoms. The second-order valence-electron chi connectivity index (χ2n) is 22.6. The summed E-state index contributed by atoms with van der Waals surface area (Å²) in [7, 11) is -9.77. The Kier molecular flexibility index (Phi) is 60.5. The summed E-state index contributed by atoms with van der Waals surface area (Å²) in [6.07, 6.45) is 66.5. The first kappa shape index (κ1) is 83.7. The van der Waals surface area contributed by atoms with E-state index in [-0.39, 0.29) is 19.3 Å². The number of phosphoric ester groups is 2. The minimum Gasteiger partial charge on any atom is -0.463 e. The van der Waals surface area contributed by atoms with Crippen LogP contribution in [0.25, 0.3) is 0 Å². The molecule has 0 saturated carbocycles. The summed E-state index contributed by atoms with van der Waals surface area (Å²) >= 11 is 0. The Bertz CT molecular complexity index is 1930. The molecule has 5 atom stereocenters. The van der Waals surface area contributed by atoms with Crippen LogP contribution in [0, 0.1) is 0 Å². The number of hydrogen-bond acceptors (Lipinski definition) is 14. The fourth-order valence-electron chi connectivity index (χ4n) is 8.82. The van der Waals surface area contributed by atoms with Gasteiger partial charge in [0, 0.05) is 19.3 Å². The number of hydrogen-bond donors (Lipinski definition) is 4. The van der Waals surface area contributed by atoms with Crippen molar-refractivity contribution in [2.24, 2.45) is 0 Å². The Morgan fingerprint density at radius 3 is 0.989 bits per heavy atom. The van der Waals surface area contributed by atoms with E-state index in [2.05, 4.69) is 106 Å². The molecular weight excluding hydrogens is 1150 g/mol. The predicted octanol–water partition coefficient (Wildman–Crippen LogP) is 18.5. The lowest BCUT2D eigenvalue weighted by Gasteiger charge is -2.21. The number of ether oxygens (including phenoxy) is 3. The van der Waals surface area contributed by atoms with Crippen LogP contribution in [0.2, 0.25) is 0 Å². The molecule has 4 N–H and O–H groups in total. The molecule has 0 saturated heterocycles. The van der Waals surface area contributed by atoms with E-state index >= 15 is 0 Å². The first-order valence-corrected chi connectivity index (χ1v) is 36.9. The molecule has 0 radical (unpaired) electrons. The molecule has 18 heteroatoms. The largest absolute Gasteiger partial charge is 0.472 e. The molecule has 16 nitrogen and oxygen atoms in total. The molecule has 0 bridgehead atoms. The first-order valence-electron chi connectivity index (χ1n) is 33.9. The normalized spacial score (nSPS) is 14.8. The third kappa shape index (κ3) is 64.1. The number of unbranched alkanes of at least 4 members (excludes halogenated alkanes) is 27. The van der Waals surface area contributed by atoms with Gasteiger partial charge in [-0.15, -0.1) is 0 Å². The SMILES string of the molecule is CCC/C=C\C/C=C\CCCCCCCC(=O)OCC(COP(=O)(O)OCC(O)COP(=O)(O)OCC(O)COC(=O)CCCCCCCCCCC/C=C\C/C=C\C/C=C\C/C=C\CCCCC)OC(=O)CCCCCCC/C=C\CCCCCC. The summed E-state index contributed by atoms with van der Waals surface area (Å²) in [5.41, 5.74) is 0. The van der Waals surface area contributed by atoms with E-state index in [9.17, 15) is 43.5 Å². The molecule has 5 unspecified atom stereocenters. The maximum absolute atomic E-state index is 12.9. The number of allylic oxidation sites excluding steroid dienone is 14. The number of esters is 3. The quantitative estimate of drug-likeness (QED) is 0.0146. The highest BCUT2D eigenvalue weighted by Crippen LogP contribution is 2.45. The third-order valence-electron chi connectivity index (χ3n) is 14.0. The maximum Gasteiger partial charge on any atom is 0.472 e. The maximum atomic E-state index is 12.9. The van der Waals surface area contributed by atoms with Crippen molar-refractivity contribution in [2.75, 3.05) is 39.6 Å². The summed E-state index contributed by atoms with van der Waals surface area (Å²) in [6, 6.07) is 0. The van der Waals surface area contributed by atoms with Gasteiger partial charge in [0.15, 0.2) is 6.10 Å². The molecule has 0 aromatic heterocycles. The fourth-order valence-corrected chi connectivity index (χ4v) is 10.4. The zero-order valence-corrected chi connectivity index (χ0v) is 56.2. The van der Waals surface area contributed by atoms with E-state index in [0.29, 0.717) is 19.3 Å². The molecule has 0 fully saturated rings. The topological polar surface area (TPSA) is 231 Å². The van der Waals surface area contributed by atoms with Gasteiger partial charge in [0.25, 0.3) is 0 Å². The van der Waals surface area contributed by atoms with Crippen molar-refractivity contribution in [3.63, 3.8) is 0 Å². The Balaban J connectivity index is 4.52. The lowest BCUT2D eigenvalue weighted by atomic mass is 10.1. The molecule has 0 aromatic rings. The van der Waals surface area contributed by atoms with Crippen LogP contribution in [-0.4, -0.2) is 95.9 Å². The van der Waals surface area contributed by atoms with Crippen molar-refractivity contribution in [3.05, 3.63) is 85.1 Å². The van der Waals surface area contributed by atoms with Crippen LogP contribution in [0.15, 0.2) is 85.1 Å². The van der Waals surface area contributed by atoms with Crippen molar-refractivity contribution in [1.29, 1.82) is 0 Å². The van der Waals surface area contributed by atoms with Gasteiger partial charge in [-0.05, 0) is 116 Å². The van der Waals surface area contributed by atoms with Gasteiger partial charge in [-0.2, -0.15) is 0 Å². The minimum absolute atomic E-state index is 0.0921. The van der Waals surface area contributed by atoms with Crippen LogP contribution >= 0.6 is 15.6 Å². The van der Waals surface area contributed by atoms with Crippen LogP contribution < -0.4 is 0 Å². The second kappa shape index (κ2) is 62.9. The average Bonchev–Trinajstić information content (AvgIpc) is 3.69. The molecule has 504 valence electrons. The van der Waals surface area contributed by atoms with E-state index in [1.807, 2.05) is 0 Å². The Morgan fingerprint density at radius 2 is 0.598 bits per heavy atom. The van der Waals surface area contributed by atoms with Crippen molar-refractivity contribution < 1.29 is 75.8 Å². The van der Waals surface area contributed by atoms with Gasteiger partial charge in [0.2, 0.25) is 0 Å². The zero-order chi connectivity index (χ0) is 63.8. The van der Waals surface area contributed by atoms with Crippen LogP contribution in [0.3, 0.4) is 0 Å². The monoisotopic (exact) mass is 1270 g/mol. The number of aliphatic hydroxyl groups is 2. The van der Waals surface area contributed by atoms with Crippen LogP contribution in [0.4, 0.5) is 0 Å². The van der Waals surface area contributed by atoms with Crippen molar-refractivity contribution in [3.8, 4) is 0 Å². The fraction of sp³-hybridized carbons (Fsp3) is 0.754. The molecule has 0 amide bonds. The van der Waals surface area contributed by atoms with Gasteiger partial charge in [-0.25, -0.2) is 9.13 Å². The molecule has 0 aliphatic carbocycles. The lowest BCUT2D eigenvalue weighted by Crippen LogP contribution is -2.30. The second-order valence-corrected chi connectivity index (χ2v) is 25.5. The highest BCUT2D eigenvalue weighted by Gasteiger charge is 2.29. The minimum atomic E-state index is -4.92. The molecule has 0 aromatic carbocycles. The van der Waals surface area contributed by atoms with Crippen molar-refractivity contribution in [1.82, 2.24) is 0 Å². The summed E-state index contributed by atoms with van der Waals surface area (Å²) < 4.78 is 60.8. The Labute approximate surface area is 527 Å². The van der Waals surface area contributed by atoms with Crippen LogP contribution in [0.1, 0.15) is 278 Å². The van der Waals surface area contributed by atoms with Crippen LogP contribution in [-0.2, 0) is 55.8 Å². The average molecular weight is 1270 g/mol. The van der Waals surface area contributed by atoms with Gasteiger partial charge in [0.05, 0.1) is 26.4 Å². The molecular formula is C69H122O16P2. The number of rotatable bonds is 64. The van der Waals surface area contributed by atoms with Gasteiger partial charge in [-0.3, -0.25) is 32.5 Å². The molecule has 87 heavy (non-hydrogen) atoms. The summed E-state index contributed by atoms with van der Waals surface area (Å²) in [6.45, 7) is 2.52. The smallest absolute Gasteiger partial charge is 0.463 e. The molecule has 0 heterocycles. The van der Waals surface area contributed by atoms with E-state index in [0.717, 1.165) is 141 Å². The Hall–Kier alpha value is -3.27. The number of carbonyl (C=O) groups is 3. The predicted molar refractivity (Wildman–Crippen MR) is 353 cm³/mol. The number of carbonyl (C=O) groups excluding carboxylic acids is 3. The highest BCUT2D eigenvalue weighted by atomic mass is 31.2. The van der Waals surface area contributed by atoms with E-state index in [4.69, 9.17) is 32.3 Å². The van der Waals surface area contributed by atoms with Gasteiger partial charge >= 0.3 is 33.6 Å². The van der Waals surface area contributed by atoms with Gasteiger partial charge in [-0.1, -0.05) is 228 Å². The van der Waals surface area contributed by atoms with E-state index < -0.39 is 91.5 Å². The van der Waals surface area contributed by atoms with Gasteiger partial charge in [0.1, 0.15) is 25.4 Å². The first-order chi connectivity index (χ1) is 42.2. The summed E-state index contributed by atoms with van der Waals surface area (Å²) in [5, 5.41) is 20.5. The highest BCUT2D eigenvalue weighted by molar-refractivity contribution is 7.47. The van der Waals surface area contributed by atoms with Crippen LogP contribution in [0.5, 0.6) is 0 Å². The van der Waals surface area contributed by atoms with E-state index in [1.54, 1.807) is 0 Å². The third-order valence-corrected chi connectivity index (χ3v) is 15.9. The standard InChI is InChI=1S/C69H122O16P2/c1-4-7-10-13-16-19-22-25-26-27-28-29-30-31-32-33-34-35-36-39-41-43-46-49-52-55-67(72)79-58-64(70)59-81-86(75,76)82-60-65(71)61-83-87(77,78)84-63-66(85-69(74)57-54-51-48-45-42-38-24-21-18-15-12-9-6-3)62-80-68(73)56-53-50-47-44-40-37-23-20-17-14-11-8-5-2/h11,14,16,19-21,23-26,28-29,31-32,64-66,70-71H,4-10,12-13,15,17-18,22,27,30,33-63H2,1-3H3,(H,75,76)(H,77,78)/b14-11-,19-16-,23-20-,24-21-,26-25-,29-28-,32-31-. The van der Waals surface area contributed by atoms with Gasteiger partial charge < -0.3 is 34.2 Å². The summed E-state index contributed by atoms with van der Waals surface area (Å²) in [5.74, 6) is -1.60. The van der Waals surface area contributed by atoms with Crippen molar-refractivity contribution in [2.45, 2.75) is 296 Å². The molecule has 0 aliphatic rings. The molecule has 0 aliphatic heterocycles. The number of phosphoric acid groups is 2. The van der Waals surface area contributed by atoms with E-state index in [1.165, 1.54) is 77.0 Å².